The molecule has 3 aliphatic carbocycles. The predicted octanol–water partition coefficient (Wildman–Crippen LogP) is 1.75. The van der Waals surface area contributed by atoms with E-state index in [9.17, 15) is 44.7 Å². The van der Waals surface area contributed by atoms with E-state index in [0.717, 1.165) is 0 Å². The molecule has 2 aromatic carbocycles. The molecule has 0 saturated heterocycles. The average molecular weight is 610 g/mol. The summed E-state index contributed by atoms with van der Waals surface area (Å²) in [6.07, 6.45) is -5.50. The molecule has 12 heteroatoms. The number of hydrogen-bond donors (Lipinski definition) is 8. The number of para-hydroxylation sites is 1. The molecule has 236 valence electrons. The van der Waals surface area contributed by atoms with Gasteiger partial charge in [-0.3, -0.25) is 14.4 Å². The summed E-state index contributed by atoms with van der Waals surface area (Å²) < 4.78 is 0. The zero-order chi connectivity index (χ0) is 32.7. The zero-order valence-electron chi connectivity index (χ0n) is 25.1. The Kier molecular flexibility index (Phi) is 7.44. The lowest BCUT2D eigenvalue weighted by Crippen LogP contribution is -2.83. The SMILES string of the molecule is CC(C)[C@H]1C(O)[C@@H](C(N)=O)C(=O)[C@]2(O)C(O)[C@H]3C(=O)c4c(ccc(NC(=O)Nc5ccccc5)c4O)[C@@H](C)[C@]3(C)[C@@H](O)[C@]12C. The van der Waals surface area contributed by atoms with Gasteiger partial charge in [0.15, 0.2) is 17.2 Å². The standard InChI is InChI=1S/C32H39N3O9/c1-13(2)20-24(38)19(27(33)41)25(39)32(44)26(40)21-23(37)18-16(14(3)30(21,4)28(42)31(20,32)5)11-12-17(22(18)36)35-29(43)34-15-9-7-6-8-10-15/h6-14,19-21,24,26,28,36,38,40,42,44H,1-5H3,(H2,33,41)(H2,34,35,43)/t14-,19-,20+,21-,24?,26?,28-,30+,31+,32+/m1/s1. The Morgan fingerprint density at radius 3 is 2.16 bits per heavy atom. The number of rotatable bonds is 4. The molecule has 3 aliphatic rings. The normalized spacial score (nSPS) is 37.9. The Morgan fingerprint density at radius 1 is 0.977 bits per heavy atom. The first-order valence-electron chi connectivity index (χ1n) is 14.6. The highest BCUT2D eigenvalue weighted by atomic mass is 16.4. The highest BCUT2D eigenvalue weighted by molar-refractivity contribution is 6.10. The quantitative estimate of drug-likeness (QED) is 0.187. The number of amides is 3. The van der Waals surface area contributed by atoms with Gasteiger partial charge < -0.3 is 41.9 Å². The van der Waals surface area contributed by atoms with Gasteiger partial charge in [-0.1, -0.05) is 58.9 Å². The van der Waals surface area contributed by atoms with Gasteiger partial charge in [0.05, 0.1) is 29.4 Å². The number of carbonyl (C=O) groups is 4. The molecule has 3 amide bonds. The van der Waals surface area contributed by atoms with Gasteiger partial charge in [-0.15, -0.1) is 0 Å². The summed E-state index contributed by atoms with van der Waals surface area (Å²) in [5.41, 5.74) is -0.392. The fourth-order valence-corrected chi connectivity index (χ4v) is 8.67. The molecule has 12 nitrogen and oxygen atoms in total. The van der Waals surface area contributed by atoms with Crippen molar-refractivity contribution < 1.29 is 44.7 Å². The lowest BCUT2D eigenvalue weighted by atomic mass is 9.36. The molecule has 0 spiro atoms. The van der Waals surface area contributed by atoms with E-state index in [0.29, 0.717) is 11.3 Å². The number of Topliss-reactive ketones (excluding diaryl/α,β-unsaturated/α-hetero) is 2. The maximum Gasteiger partial charge on any atom is 0.323 e. The number of primary amides is 1. The first kappa shape index (κ1) is 31.6. The van der Waals surface area contributed by atoms with Crippen molar-refractivity contribution in [3.63, 3.8) is 0 Å². The van der Waals surface area contributed by atoms with Gasteiger partial charge in [-0.05, 0) is 41.5 Å². The zero-order valence-corrected chi connectivity index (χ0v) is 25.1. The van der Waals surface area contributed by atoms with Gasteiger partial charge in [0.1, 0.15) is 17.8 Å². The van der Waals surface area contributed by atoms with Crippen LogP contribution in [-0.4, -0.2) is 73.0 Å². The number of phenols is 1. The number of phenolic OH excluding ortho intramolecular Hbond substituents is 1. The maximum absolute atomic E-state index is 14.3. The molecule has 44 heavy (non-hydrogen) atoms. The number of nitrogens with one attached hydrogen (secondary N) is 2. The summed E-state index contributed by atoms with van der Waals surface area (Å²) in [7, 11) is 0. The van der Waals surface area contributed by atoms with Crippen molar-refractivity contribution in [1.29, 1.82) is 0 Å². The summed E-state index contributed by atoms with van der Waals surface area (Å²) in [6.45, 7) is 8.01. The van der Waals surface area contributed by atoms with Crippen LogP contribution in [0, 0.1) is 34.5 Å². The first-order valence-corrected chi connectivity index (χ1v) is 14.6. The third-order valence-electron chi connectivity index (χ3n) is 10.9. The van der Waals surface area contributed by atoms with E-state index in [4.69, 9.17) is 5.73 Å². The Hall–Kier alpha value is -3.84. The van der Waals surface area contributed by atoms with E-state index >= 15 is 0 Å². The van der Waals surface area contributed by atoms with Crippen LogP contribution in [0.15, 0.2) is 42.5 Å². The molecule has 0 aromatic heterocycles. The average Bonchev–Trinajstić information content (AvgIpc) is 2.94. The number of benzene rings is 2. The molecule has 2 saturated carbocycles. The highest BCUT2D eigenvalue weighted by Crippen LogP contribution is 2.68. The van der Waals surface area contributed by atoms with Gasteiger partial charge in [-0.25, -0.2) is 4.79 Å². The minimum Gasteiger partial charge on any atom is -0.505 e. The monoisotopic (exact) mass is 609 g/mol. The molecular weight excluding hydrogens is 570 g/mol. The van der Waals surface area contributed by atoms with Crippen molar-refractivity contribution in [2.45, 2.75) is 64.4 Å². The van der Waals surface area contributed by atoms with Crippen LogP contribution in [-0.2, 0) is 9.59 Å². The second kappa shape index (κ2) is 10.4. The number of hydrogen-bond acceptors (Lipinski definition) is 9. The van der Waals surface area contributed by atoms with E-state index in [1.165, 1.54) is 19.1 Å². The van der Waals surface area contributed by atoms with Crippen LogP contribution in [0.3, 0.4) is 0 Å². The molecule has 0 radical (unpaired) electrons. The molecule has 10 atom stereocenters. The number of aromatic hydroxyl groups is 1. The van der Waals surface area contributed by atoms with E-state index < -0.39 is 93.6 Å². The van der Waals surface area contributed by atoms with E-state index in [2.05, 4.69) is 10.6 Å². The number of aliphatic hydroxyl groups excluding tert-OH is 3. The Labute approximate surface area is 254 Å². The summed E-state index contributed by atoms with van der Waals surface area (Å²) in [5.74, 6) is -9.87. The Balaban J connectivity index is 1.64. The Bertz CT molecular complexity index is 1550. The summed E-state index contributed by atoms with van der Waals surface area (Å²) >= 11 is 0. The smallest absolute Gasteiger partial charge is 0.323 e. The predicted molar refractivity (Wildman–Crippen MR) is 159 cm³/mol. The molecule has 0 aliphatic heterocycles. The van der Waals surface area contributed by atoms with E-state index in [1.54, 1.807) is 58.0 Å². The molecule has 2 aromatic rings. The van der Waals surface area contributed by atoms with Gasteiger partial charge in [0, 0.05) is 16.5 Å². The van der Waals surface area contributed by atoms with Gasteiger partial charge in [-0.2, -0.15) is 0 Å². The topological polar surface area (TPSA) is 220 Å². The fraction of sp³-hybridized carbons (Fsp3) is 0.500. The van der Waals surface area contributed by atoms with Crippen molar-refractivity contribution in [3.05, 3.63) is 53.6 Å². The van der Waals surface area contributed by atoms with Crippen LogP contribution in [0.1, 0.15) is 56.5 Å². The maximum atomic E-state index is 14.3. The summed E-state index contributed by atoms with van der Waals surface area (Å²) in [4.78, 5) is 53.3. The molecule has 2 unspecified atom stereocenters. The number of anilines is 2. The second-order valence-electron chi connectivity index (χ2n) is 13.2. The van der Waals surface area contributed by atoms with E-state index in [-0.39, 0.29) is 11.3 Å². The fourth-order valence-electron chi connectivity index (χ4n) is 8.67. The van der Waals surface area contributed by atoms with Crippen molar-refractivity contribution in [2.24, 2.45) is 40.2 Å². The number of ketones is 2. The minimum absolute atomic E-state index is 0.110. The van der Waals surface area contributed by atoms with Crippen LogP contribution in [0.25, 0.3) is 0 Å². The number of urea groups is 1. The van der Waals surface area contributed by atoms with Crippen LogP contribution in [0.4, 0.5) is 16.2 Å². The van der Waals surface area contributed by atoms with Crippen molar-refractivity contribution in [2.75, 3.05) is 10.6 Å². The largest absolute Gasteiger partial charge is 0.505 e. The number of carbonyl (C=O) groups excluding carboxylic acids is 4. The first-order chi connectivity index (χ1) is 20.5. The van der Waals surface area contributed by atoms with Gasteiger partial charge >= 0.3 is 6.03 Å². The number of fused-ring (bicyclic) bond motifs is 3. The lowest BCUT2D eigenvalue weighted by molar-refractivity contribution is -0.306. The van der Waals surface area contributed by atoms with Gasteiger partial charge in [0.2, 0.25) is 5.91 Å². The molecule has 0 bridgehead atoms. The van der Waals surface area contributed by atoms with Crippen LogP contribution < -0.4 is 16.4 Å². The molecular formula is C32H39N3O9. The van der Waals surface area contributed by atoms with Crippen LogP contribution in [0.5, 0.6) is 5.75 Å². The molecule has 5 rings (SSSR count). The molecule has 9 N–H and O–H groups in total. The molecule has 0 heterocycles. The van der Waals surface area contributed by atoms with Crippen molar-refractivity contribution in [3.8, 4) is 5.75 Å². The van der Waals surface area contributed by atoms with Gasteiger partial charge in [0.25, 0.3) is 0 Å². The summed E-state index contributed by atoms with van der Waals surface area (Å²) in [5, 5.41) is 64.1. The Morgan fingerprint density at radius 2 is 1.59 bits per heavy atom. The molecule has 2 fully saturated rings. The minimum atomic E-state index is -2.88. The third-order valence-corrected chi connectivity index (χ3v) is 10.9. The number of nitrogens with two attached hydrogens (primary N) is 1. The van der Waals surface area contributed by atoms with Crippen LogP contribution >= 0.6 is 0 Å². The van der Waals surface area contributed by atoms with Crippen LogP contribution in [0.2, 0.25) is 0 Å². The van der Waals surface area contributed by atoms with Crippen molar-refractivity contribution >= 4 is 34.9 Å². The summed E-state index contributed by atoms with van der Waals surface area (Å²) in [6, 6.07) is 10.8. The number of aliphatic hydroxyl groups is 4. The second-order valence-corrected chi connectivity index (χ2v) is 13.2. The highest BCUT2D eigenvalue weighted by Gasteiger charge is 2.80. The van der Waals surface area contributed by atoms with Crippen molar-refractivity contribution in [1.82, 2.24) is 0 Å². The lowest BCUT2D eigenvalue weighted by Gasteiger charge is -2.69. The van der Waals surface area contributed by atoms with E-state index in [1.807, 2.05) is 0 Å². The third kappa shape index (κ3) is 3.91.